The normalized spacial score (nSPS) is 10.1. The van der Waals surface area contributed by atoms with Gasteiger partial charge in [-0.05, 0) is 18.2 Å². The van der Waals surface area contributed by atoms with E-state index in [0.29, 0.717) is 17.1 Å². The Hall–Kier alpha value is -1.84. The van der Waals surface area contributed by atoms with E-state index in [1.807, 2.05) is 0 Å². The highest BCUT2D eigenvalue weighted by Crippen LogP contribution is 2.23. The van der Waals surface area contributed by atoms with Crippen LogP contribution in [0.4, 0.5) is 4.39 Å². The average molecular weight is 192 g/mol. The van der Waals surface area contributed by atoms with Crippen LogP contribution in [-0.4, -0.2) is 17.1 Å². The number of nitrogens with zero attached hydrogens (tertiary/aromatic N) is 1. The highest BCUT2D eigenvalue weighted by molar-refractivity contribution is 5.58. The lowest BCUT2D eigenvalue weighted by Crippen LogP contribution is -1.89. The van der Waals surface area contributed by atoms with Crippen LogP contribution in [0.3, 0.4) is 0 Å². The molecular weight excluding hydrogens is 183 g/mol. The molecule has 0 saturated heterocycles. The zero-order valence-corrected chi connectivity index (χ0v) is 7.62. The molecule has 0 aliphatic carbocycles. The molecule has 0 fully saturated rings. The van der Waals surface area contributed by atoms with Crippen LogP contribution in [-0.2, 0) is 0 Å². The number of halogens is 1. The quantitative estimate of drug-likeness (QED) is 0.792. The van der Waals surface area contributed by atoms with Crippen LogP contribution < -0.4 is 4.74 Å². The molecule has 0 spiro atoms. The molecule has 0 radical (unpaired) electrons. The highest BCUT2D eigenvalue weighted by atomic mass is 19.1. The molecule has 0 aliphatic heterocycles. The van der Waals surface area contributed by atoms with Crippen molar-refractivity contribution in [3.8, 4) is 17.1 Å². The van der Waals surface area contributed by atoms with Gasteiger partial charge in [0.25, 0.3) is 0 Å². The maximum Gasteiger partial charge on any atom is 0.140 e. The third-order valence-electron chi connectivity index (χ3n) is 1.93. The van der Waals surface area contributed by atoms with Crippen LogP contribution >= 0.6 is 0 Å². The van der Waals surface area contributed by atoms with Gasteiger partial charge in [-0.2, -0.15) is 0 Å². The number of methoxy groups -OCH3 is 1. The fourth-order valence-corrected chi connectivity index (χ4v) is 1.23. The van der Waals surface area contributed by atoms with Crippen molar-refractivity contribution in [2.24, 2.45) is 0 Å². The van der Waals surface area contributed by atoms with Crippen molar-refractivity contribution in [2.75, 3.05) is 7.11 Å². The lowest BCUT2D eigenvalue weighted by atomic mass is 10.2. The SMILES string of the molecule is COc1ccc(F)c(-c2ncc[nH]2)c1. The fourth-order valence-electron chi connectivity index (χ4n) is 1.23. The number of H-pyrrole nitrogens is 1. The van der Waals surface area contributed by atoms with Gasteiger partial charge in [-0.15, -0.1) is 0 Å². The van der Waals surface area contributed by atoms with Crippen LogP contribution in [0.2, 0.25) is 0 Å². The summed E-state index contributed by atoms with van der Waals surface area (Å²) < 4.78 is 18.4. The third-order valence-corrected chi connectivity index (χ3v) is 1.93. The predicted molar refractivity (Wildman–Crippen MR) is 50.5 cm³/mol. The van der Waals surface area contributed by atoms with E-state index in [1.54, 1.807) is 31.6 Å². The van der Waals surface area contributed by atoms with Gasteiger partial charge in [0.05, 0.1) is 12.7 Å². The predicted octanol–water partition coefficient (Wildman–Crippen LogP) is 2.22. The van der Waals surface area contributed by atoms with Gasteiger partial charge in [0.2, 0.25) is 0 Å². The second kappa shape index (κ2) is 3.49. The van der Waals surface area contributed by atoms with E-state index >= 15 is 0 Å². The largest absolute Gasteiger partial charge is 0.497 e. The Kier molecular flexibility index (Phi) is 2.18. The van der Waals surface area contributed by atoms with Gasteiger partial charge in [-0.25, -0.2) is 9.37 Å². The van der Waals surface area contributed by atoms with E-state index < -0.39 is 0 Å². The van der Waals surface area contributed by atoms with E-state index in [-0.39, 0.29) is 5.82 Å². The molecule has 0 saturated carbocycles. The summed E-state index contributed by atoms with van der Waals surface area (Å²) in [5.74, 6) is 0.792. The molecule has 1 heterocycles. The van der Waals surface area contributed by atoms with E-state index in [9.17, 15) is 4.39 Å². The summed E-state index contributed by atoms with van der Waals surface area (Å²) in [6, 6.07) is 4.53. The van der Waals surface area contributed by atoms with Crippen molar-refractivity contribution < 1.29 is 9.13 Å². The third kappa shape index (κ3) is 1.46. The summed E-state index contributed by atoms with van der Waals surface area (Å²) in [6.07, 6.45) is 3.22. The van der Waals surface area contributed by atoms with Gasteiger partial charge in [0, 0.05) is 12.4 Å². The first-order valence-corrected chi connectivity index (χ1v) is 4.14. The molecule has 1 aromatic carbocycles. The van der Waals surface area contributed by atoms with Crippen molar-refractivity contribution in [1.29, 1.82) is 0 Å². The lowest BCUT2D eigenvalue weighted by molar-refractivity contribution is 0.414. The molecule has 1 N–H and O–H groups in total. The molecule has 0 atom stereocenters. The molecule has 0 amide bonds. The molecule has 14 heavy (non-hydrogen) atoms. The second-order valence-electron chi connectivity index (χ2n) is 2.78. The molecule has 72 valence electrons. The number of ether oxygens (including phenoxy) is 1. The Morgan fingerprint density at radius 2 is 2.29 bits per heavy atom. The van der Waals surface area contributed by atoms with Crippen LogP contribution in [0.15, 0.2) is 30.6 Å². The summed E-state index contributed by atoms with van der Waals surface area (Å²) in [6.45, 7) is 0. The Labute approximate surface area is 80.6 Å². The summed E-state index contributed by atoms with van der Waals surface area (Å²) in [4.78, 5) is 6.81. The van der Waals surface area contributed by atoms with Gasteiger partial charge >= 0.3 is 0 Å². The Morgan fingerprint density at radius 1 is 1.43 bits per heavy atom. The number of aromatic nitrogens is 2. The van der Waals surface area contributed by atoms with Gasteiger partial charge in [0.15, 0.2) is 0 Å². The van der Waals surface area contributed by atoms with E-state index in [2.05, 4.69) is 9.97 Å². The summed E-state index contributed by atoms with van der Waals surface area (Å²) >= 11 is 0. The Morgan fingerprint density at radius 3 is 2.93 bits per heavy atom. The number of aromatic amines is 1. The maximum atomic E-state index is 13.4. The summed E-state index contributed by atoms with van der Waals surface area (Å²) in [5, 5.41) is 0. The fraction of sp³-hybridized carbons (Fsp3) is 0.100. The maximum absolute atomic E-state index is 13.4. The Bertz CT molecular complexity index is 426. The van der Waals surface area contributed by atoms with E-state index in [4.69, 9.17) is 4.74 Å². The van der Waals surface area contributed by atoms with Crippen molar-refractivity contribution in [3.63, 3.8) is 0 Å². The van der Waals surface area contributed by atoms with Crippen LogP contribution in [0, 0.1) is 5.82 Å². The summed E-state index contributed by atoms with van der Waals surface area (Å²) in [5.41, 5.74) is 0.411. The van der Waals surface area contributed by atoms with Gasteiger partial charge < -0.3 is 9.72 Å². The first-order valence-electron chi connectivity index (χ1n) is 4.14. The number of hydrogen-bond donors (Lipinski definition) is 1. The lowest BCUT2D eigenvalue weighted by Gasteiger charge is -2.03. The standard InChI is InChI=1S/C10H9FN2O/c1-14-7-2-3-9(11)8(6-7)10-12-4-5-13-10/h2-6H,1H3,(H,12,13). The highest BCUT2D eigenvalue weighted by Gasteiger charge is 2.07. The van der Waals surface area contributed by atoms with Crippen LogP contribution in [0.5, 0.6) is 5.75 Å². The minimum atomic E-state index is -0.319. The zero-order valence-electron chi connectivity index (χ0n) is 7.62. The molecule has 0 aliphatic rings. The number of benzene rings is 1. The summed E-state index contributed by atoms with van der Waals surface area (Å²) in [7, 11) is 1.54. The van der Waals surface area contributed by atoms with Crippen molar-refractivity contribution in [2.45, 2.75) is 0 Å². The zero-order chi connectivity index (χ0) is 9.97. The minimum Gasteiger partial charge on any atom is -0.497 e. The second-order valence-corrected chi connectivity index (χ2v) is 2.78. The van der Waals surface area contributed by atoms with Gasteiger partial charge in [0.1, 0.15) is 17.4 Å². The molecule has 3 nitrogen and oxygen atoms in total. The number of rotatable bonds is 2. The molecule has 2 aromatic rings. The topological polar surface area (TPSA) is 37.9 Å². The monoisotopic (exact) mass is 192 g/mol. The van der Waals surface area contributed by atoms with Crippen LogP contribution in [0.1, 0.15) is 0 Å². The first kappa shape index (κ1) is 8.74. The van der Waals surface area contributed by atoms with E-state index in [1.165, 1.54) is 6.07 Å². The Balaban J connectivity index is 2.51. The number of imidazole rings is 1. The van der Waals surface area contributed by atoms with Crippen molar-refractivity contribution >= 4 is 0 Å². The smallest absolute Gasteiger partial charge is 0.140 e. The molecule has 0 bridgehead atoms. The minimum absolute atomic E-state index is 0.319. The van der Waals surface area contributed by atoms with Gasteiger partial charge in [-0.1, -0.05) is 0 Å². The molecule has 1 aromatic heterocycles. The van der Waals surface area contributed by atoms with Crippen molar-refractivity contribution in [1.82, 2.24) is 9.97 Å². The van der Waals surface area contributed by atoms with Gasteiger partial charge in [-0.3, -0.25) is 0 Å². The number of hydrogen-bond acceptors (Lipinski definition) is 2. The number of nitrogens with one attached hydrogen (secondary N) is 1. The molecule has 2 rings (SSSR count). The molecular formula is C10H9FN2O. The first-order chi connectivity index (χ1) is 6.81. The molecule has 0 unspecified atom stereocenters. The van der Waals surface area contributed by atoms with E-state index in [0.717, 1.165) is 0 Å². The average Bonchev–Trinajstić information content (AvgIpc) is 2.71. The van der Waals surface area contributed by atoms with Crippen molar-refractivity contribution in [3.05, 3.63) is 36.4 Å². The van der Waals surface area contributed by atoms with Crippen LogP contribution in [0.25, 0.3) is 11.4 Å². The molecule has 4 heteroatoms.